The molecule has 0 bridgehead atoms. The maximum absolute atomic E-state index is 13.0. The fourth-order valence-electron chi connectivity index (χ4n) is 3.38. The van der Waals surface area contributed by atoms with E-state index in [2.05, 4.69) is 10.3 Å². The van der Waals surface area contributed by atoms with Crippen LogP contribution < -0.4 is 5.32 Å². The number of anilines is 1. The zero-order valence-corrected chi connectivity index (χ0v) is 18.9. The summed E-state index contributed by atoms with van der Waals surface area (Å²) in [4.78, 5) is 17.3. The molecule has 0 unspecified atom stereocenters. The number of benzene rings is 2. The van der Waals surface area contributed by atoms with Gasteiger partial charge in [-0.05, 0) is 49.4 Å². The average molecular weight is 480 g/mol. The number of carbonyl (C=O) groups is 1. The van der Waals surface area contributed by atoms with Gasteiger partial charge >= 0.3 is 0 Å². The molecule has 2 heterocycles. The van der Waals surface area contributed by atoms with E-state index >= 15 is 0 Å². The number of aryl methyl sites for hydroxylation is 1. The van der Waals surface area contributed by atoms with Crippen molar-refractivity contribution in [3.8, 4) is 0 Å². The Bertz CT molecular complexity index is 1280. The van der Waals surface area contributed by atoms with Gasteiger partial charge < -0.3 is 10.1 Å². The van der Waals surface area contributed by atoms with Gasteiger partial charge in [-0.2, -0.15) is 4.31 Å². The maximum Gasteiger partial charge on any atom is 0.257 e. The SMILES string of the molecule is Cc1nc2ccc(Cl)cc2cc1C(=O)Nc1ccc(Cl)c(S(=O)(=O)N2CCOCC2)c1. The van der Waals surface area contributed by atoms with Crippen LogP contribution in [0.5, 0.6) is 0 Å². The molecule has 3 aromatic rings. The van der Waals surface area contributed by atoms with Crippen LogP contribution in [0, 0.1) is 6.92 Å². The molecule has 1 fully saturated rings. The van der Waals surface area contributed by atoms with Gasteiger partial charge in [-0.3, -0.25) is 9.78 Å². The molecule has 10 heteroatoms. The molecule has 4 rings (SSSR count). The number of amides is 1. The number of aromatic nitrogens is 1. The molecule has 0 saturated carbocycles. The van der Waals surface area contributed by atoms with Gasteiger partial charge in [0.15, 0.2) is 0 Å². The highest BCUT2D eigenvalue weighted by Gasteiger charge is 2.28. The minimum atomic E-state index is -3.81. The van der Waals surface area contributed by atoms with Crippen molar-refractivity contribution in [2.75, 3.05) is 31.6 Å². The number of nitrogens with one attached hydrogen (secondary N) is 1. The van der Waals surface area contributed by atoms with Crippen molar-refractivity contribution in [1.29, 1.82) is 0 Å². The van der Waals surface area contributed by atoms with Crippen molar-refractivity contribution in [3.05, 3.63) is 63.8 Å². The molecule has 2 aromatic carbocycles. The first-order valence-electron chi connectivity index (χ1n) is 9.51. The van der Waals surface area contributed by atoms with Crippen LogP contribution in [0.15, 0.2) is 47.4 Å². The predicted molar refractivity (Wildman–Crippen MR) is 120 cm³/mol. The molecule has 1 amide bonds. The van der Waals surface area contributed by atoms with Crippen molar-refractivity contribution < 1.29 is 17.9 Å². The van der Waals surface area contributed by atoms with E-state index in [9.17, 15) is 13.2 Å². The Hall–Kier alpha value is -2.23. The van der Waals surface area contributed by atoms with E-state index in [1.54, 1.807) is 37.3 Å². The number of fused-ring (bicyclic) bond motifs is 1. The van der Waals surface area contributed by atoms with Crippen LogP contribution in [0.1, 0.15) is 16.1 Å². The van der Waals surface area contributed by atoms with Crippen molar-refractivity contribution in [3.63, 3.8) is 0 Å². The Balaban J connectivity index is 1.64. The summed E-state index contributed by atoms with van der Waals surface area (Å²) in [7, 11) is -3.81. The Morgan fingerprint density at radius 2 is 1.84 bits per heavy atom. The molecule has 1 saturated heterocycles. The third-order valence-corrected chi connectivity index (χ3v) is 7.60. The summed E-state index contributed by atoms with van der Waals surface area (Å²) < 4.78 is 32.5. The molecule has 1 N–H and O–H groups in total. The summed E-state index contributed by atoms with van der Waals surface area (Å²) in [5.41, 5.74) is 1.94. The molecule has 0 spiro atoms. The number of pyridine rings is 1. The number of sulfonamides is 1. The molecule has 0 radical (unpaired) electrons. The number of hydrogen-bond acceptors (Lipinski definition) is 5. The van der Waals surface area contributed by atoms with E-state index in [1.807, 2.05) is 0 Å². The van der Waals surface area contributed by atoms with Crippen LogP contribution in [0.4, 0.5) is 5.69 Å². The van der Waals surface area contributed by atoms with E-state index < -0.39 is 15.9 Å². The minimum Gasteiger partial charge on any atom is -0.379 e. The third-order valence-electron chi connectivity index (χ3n) is 4.99. The van der Waals surface area contributed by atoms with E-state index in [-0.39, 0.29) is 23.0 Å². The summed E-state index contributed by atoms with van der Waals surface area (Å²) >= 11 is 12.2. The molecular weight excluding hydrogens is 461 g/mol. The number of hydrogen-bond donors (Lipinski definition) is 1. The van der Waals surface area contributed by atoms with Gasteiger partial charge in [0.25, 0.3) is 5.91 Å². The Kier molecular flexibility index (Phi) is 6.18. The molecule has 0 atom stereocenters. The second-order valence-electron chi connectivity index (χ2n) is 7.07. The summed E-state index contributed by atoms with van der Waals surface area (Å²) in [6.07, 6.45) is 0. The average Bonchev–Trinajstić information content (AvgIpc) is 2.75. The zero-order chi connectivity index (χ0) is 22.2. The second-order valence-corrected chi connectivity index (χ2v) is 9.82. The van der Waals surface area contributed by atoms with E-state index in [0.29, 0.717) is 35.2 Å². The summed E-state index contributed by atoms with van der Waals surface area (Å²) in [5.74, 6) is -0.413. The first-order chi connectivity index (χ1) is 14.8. The smallest absolute Gasteiger partial charge is 0.257 e. The van der Waals surface area contributed by atoms with E-state index in [1.165, 1.54) is 16.4 Å². The fourth-order valence-corrected chi connectivity index (χ4v) is 5.47. The van der Waals surface area contributed by atoms with Crippen molar-refractivity contribution >= 4 is 55.7 Å². The van der Waals surface area contributed by atoms with Crippen LogP contribution >= 0.6 is 23.2 Å². The Morgan fingerprint density at radius 1 is 1.10 bits per heavy atom. The fraction of sp³-hybridized carbons (Fsp3) is 0.238. The molecule has 31 heavy (non-hydrogen) atoms. The monoisotopic (exact) mass is 479 g/mol. The lowest BCUT2D eigenvalue weighted by Crippen LogP contribution is -2.40. The molecule has 1 aliphatic rings. The van der Waals surface area contributed by atoms with Gasteiger partial charge in [-0.1, -0.05) is 23.2 Å². The first kappa shape index (κ1) is 22.0. The van der Waals surface area contributed by atoms with Crippen molar-refractivity contribution in [1.82, 2.24) is 9.29 Å². The lowest BCUT2D eigenvalue weighted by Gasteiger charge is -2.26. The van der Waals surface area contributed by atoms with Gasteiger partial charge in [-0.25, -0.2) is 8.42 Å². The van der Waals surface area contributed by atoms with Crippen LogP contribution in [0.2, 0.25) is 10.0 Å². The molecule has 0 aliphatic carbocycles. The largest absolute Gasteiger partial charge is 0.379 e. The van der Waals surface area contributed by atoms with Gasteiger partial charge in [0.2, 0.25) is 10.0 Å². The second kappa shape index (κ2) is 8.72. The number of nitrogens with zero attached hydrogens (tertiary/aromatic N) is 2. The lowest BCUT2D eigenvalue weighted by molar-refractivity contribution is 0.0730. The van der Waals surface area contributed by atoms with Crippen LogP contribution in [0.25, 0.3) is 10.9 Å². The summed E-state index contributed by atoms with van der Waals surface area (Å²) in [6.45, 7) is 2.88. The quantitative estimate of drug-likeness (QED) is 0.607. The minimum absolute atomic E-state index is 0.0611. The maximum atomic E-state index is 13.0. The van der Waals surface area contributed by atoms with E-state index in [0.717, 1.165) is 10.9 Å². The van der Waals surface area contributed by atoms with Gasteiger partial charge in [0.05, 0.1) is 35.0 Å². The summed E-state index contributed by atoms with van der Waals surface area (Å²) in [6, 6.07) is 11.3. The van der Waals surface area contributed by atoms with Crippen LogP contribution in [-0.4, -0.2) is 49.9 Å². The van der Waals surface area contributed by atoms with Crippen LogP contribution in [-0.2, 0) is 14.8 Å². The van der Waals surface area contributed by atoms with Gasteiger partial charge in [0.1, 0.15) is 4.90 Å². The molecule has 1 aliphatic heterocycles. The lowest BCUT2D eigenvalue weighted by atomic mass is 10.1. The Labute approximate surface area is 190 Å². The number of morpholine rings is 1. The van der Waals surface area contributed by atoms with Crippen molar-refractivity contribution in [2.45, 2.75) is 11.8 Å². The van der Waals surface area contributed by atoms with Gasteiger partial charge in [-0.15, -0.1) is 0 Å². The van der Waals surface area contributed by atoms with Gasteiger partial charge in [0, 0.05) is 29.2 Å². The number of rotatable bonds is 4. The normalized spacial score (nSPS) is 15.2. The van der Waals surface area contributed by atoms with Crippen LogP contribution in [0.3, 0.4) is 0 Å². The van der Waals surface area contributed by atoms with E-state index in [4.69, 9.17) is 27.9 Å². The van der Waals surface area contributed by atoms with Crippen molar-refractivity contribution in [2.24, 2.45) is 0 Å². The summed E-state index contributed by atoms with van der Waals surface area (Å²) in [5, 5.41) is 4.10. The molecule has 7 nitrogen and oxygen atoms in total. The highest BCUT2D eigenvalue weighted by Crippen LogP contribution is 2.29. The first-order valence-corrected chi connectivity index (χ1v) is 11.7. The predicted octanol–water partition coefficient (Wildman–Crippen LogP) is 4.12. The third kappa shape index (κ3) is 4.53. The highest BCUT2D eigenvalue weighted by molar-refractivity contribution is 7.89. The standard InChI is InChI=1S/C21H19Cl2N3O4S/c1-13-17(11-14-10-15(22)2-5-19(14)24-13)21(27)25-16-3-4-18(23)20(12-16)31(28,29)26-6-8-30-9-7-26/h2-5,10-12H,6-9H2,1H3,(H,25,27). The number of ether oxygens (including phenoxy) is 1. The molecule has 1 aromatic heterocycles. The molecule has 162 valence electrons. The zero-order valence-electron chi connectivity index (χ0n) is 16.6. The Morgan fingerprint density at radius 3 is 2.58 bits per heavy atom. The number of halogens is 2. The topological polar surface area (TPSA) is 88.6 Å². The number of carbonyl (C=O) groups excluding carboxylic acids is 1. The molecular formula is C21H19Cl2N3O4S. The highest BCUT2D eigenvalue weighted by atomic mass is 35.5.